The topological polar surface area (TPSA) is 78.4 Å². The number of carbonyl (C=O) groups is 1. The molecule has 0 aliphatic carbocycles. The summed E-state index contributed by atoms with van der Waals surface area (Å²) >= 11 is 0. The minimum Gasteiger partial charge on any atom is -0.492 e. The Bertz CT molecular complexity index is 1250. The molecule has 1 unspecified atom stereocenters. The van der Waals surface area contributed by atoms with Crippen LogP contribution in [-0.4, -0.2) is 80.7 Å². The number of rotatable bonds is 8. The summed E-state index contributed by atoms with van der Waals surface area (Å²) in [5, 5.41) is 10.8. The lowest BCUT2D eigenvalue weighted by Gasteiger charge is -2.24. The van der Waals surface area contributed by atoms with Crippen molar-refractivity contribution in [1.82, 2.24) is 9.88 Å². The molecule has 0 saturated carbocycles. The molecule has 2 heterocycles. The highest BCUT2D eigenvalue weighted by Gasteiger charge is 2.24. The molecule has 1 saturated heterocycles. The first-order chi connectivity index (χ1) is 18.0. The number of pyridine rings is 1. The van der Waals surface area contributed by atoms with Crippen LogP contribution in [0.3, 0.4) is 0 Å². The van der Waals surface area contributed by atoms with Crippen molar-refractivity contribution in [3.63, 3.8) is 0 Å². The van der Waals surface area contributed by atoms with Crippen LogP contribution in [0.4, 0.5) is 16.2 Å². The van der Waals surface area contributed by atoms with E-state index in [0.29, 0.717) is 19.1 Å². The lowest BCUT2D eigenvalue weighted by molar-refractivity contribution is 0.0278. The number of aliphatic hydroxyl groups excluding tert-OH is 1. The quantitative estimate of drug-likeness (QED) is 0.446. The van der Waals surface area contributed by atoms with Gasteiger partial charge in [0, 0.05) is 69.1 Å². The lowest BCUT2D eigenvalue weighted by Crippen LogP contribution is -2.36. The number of hydrogen-bond donors (Lipinski definition) is 1. The molecule has 1 N–H and O–H groups in total. The third kappa shape index (κ3) is 6.67. The molecule has 38 heavy (non-hydrogen) atoms. The molecule has 1 amide bonds. The van der Waals surface area contributed by atoms with Crippen LogP contribution in [0.1, 0.15) is 27.2 Å². The van der Waals surface area contributed by atoms with Gasteiger partial charge in [0.15, 0.2) is 0 Å². The standard InChI is InChI=1S/C30H40N4O4/c1-30(2,3)38-29(36)33(6)15-16-37-24-10-7-22(8-11-24)26-18-28(34-14-13-21(19-34)20-35)25-12-9-23(32(4)5)17-27(25)31-26/h7-12,17-18,21,35H,13-16,19-20H2,1-6H3. The Labute approximate surface area is 225 Å². The Kier molecular flexibility index (Phi) is 8.31. The second-order valence-electron chi connectivity index (χ2n) is 11.2. The first-order valence-corrected chi connectivity index (χ1v) is 13.2. The molecular formula is C30H40N4O4. The van der Waals surface area contributed by atoms with Crippen molar-refractivity contribution in [2.45, 2.75) is 32.8 Å². The van der Waals surface area contributed by atoms with Crippen molar-refractivity contribution in [2.75, 3.05) is 63.8 Å². The van der Waals surface area contributed by atoms with Crippen molar-refractivity contribution < 1.29 is 19.4 Å². The predicted octanol–water partition coefficient (Wildman–Crippen LogP) is 5.03. The number of hydrogen-bond acceptors (Lipinski definition) is 7. The molecule has 8 nitrogen and oxygen atoms in total. The van der Waals surface area contributed by atoms with Gasteiger partial charge >= 0.3 is 6.09 Å². The van der Waals surface area contributed by atoms with Crippen LogP contribution >= 0.6 is 0 Å². The average molecular weight is 521 g/mol. The van der Waals surface area contributed by atoms with E-state index in [4.69, 9.17) is 14.5 Å². The van der Waals surface area contributed by atoms with E-state index in [-0.39, 0.29) is 12.7 Å². The zero-order valence-electron chi connectivity index (χ0n) is 23.4. The highest BCUT2D eigenvalue weighted by molar-refractivity contribution is 5.96. The number of nitrogens with zero attached hydrogens (tertiary/aromatic N) is 4. The molecule has 8 heteroatoms. The number of ether oxygens (including phenoxy) is 2. The van der Waals surface area contributed by atoms with Crippen molar-refractivity contribution >= 4 is 28.4 Å². The summed E-state index contributed by atoms with van der Waals surface area (Å²) in [6.07, 6.45) is 0.621. The van der Waals surface area contributed by atoms with Gasteiger partial charge in [-0.3, -0.25) is 0 Å². The average Bonchev–Trinajstić information content (AvgIpc) is 3.36. The Morgan fingerprint density at radius 3 is 2.47 bits per heavy atom. The Hall–Kier alpha value is -3.52. The fourth-order valence-electron chi connectivity index (χ4n) is 4.54. The second-order valence-corrected chi connectivity index (χ2v) is 11.2. The molecule has 2 aromatic carbocycles. The minimum atomic E-state index is -0.526. The Morgan fingerprint density at radius 1 is 1.11 bits per heavy atom. The lowest BCUT2D eigenvalue weighted by atomic mass is 10.1. The molecule has 1 aliphatic heterocycles. The van der Waals surface area contributed by atoms with Gasteiger partial charge in [-0.2, -0.15) is 0 Å². The van der Waals surface area contributed by atoms with Gasteiger partial charge in [-0.05, 0) is 75.7 Å². The van der Waals surface area contributed by atoms with E-state index < -0.39 is 5.60 Å². The molecule has 0 radical (unpaired) electrons. The van der Waals surface area contributed by atoms with Crippen molar-refractivity contribution in [3.05, 3.63) is 48.5 Å². The molecule has 1 aromatic heterocycles. The van der Waals surface area contributed by atoms with Crippen LogP contribution in [0.5, 0.6) is 5.75 Å². The van der Waals surface area contributed by atoms with E-state index in [1.807, 2.05) is 59.1 Å². The van der Waals surface area contributed by atoms with Crippen molar-refractivity contribution in [2.24, 2.45) is 5.92 Å². The summed E-state index contributed by atoms with van der Waals surface area (Å²) in [6.45, 7) is 8.31. The van der Waals surface area contributed by atoms with Gasteiger partial charge in [-0.25, -0.2) is 9.78 Å². The highest BCUT2D eigenvalue weighted by atomic mass is 16.6. The van der Waals surface area contributed by atoms with Crippen LogP contribution in [0.2, 0.25) is 0 Å². The normalized spacial score (nSPS) is 15.6. The number of likely N-dealkylation sites (N-methyl/N-ethyl adjacent to an activating group) is 1. The van der Waals surface area contributed by atoms with Crippen LogP contribution in [0.15, 0.2) is 48.5 Å². The van der Waals surface area contributed by atoms with E-state index in [2.05, 4.69) is 34.1 Å². The monoisotopic (exact) mass is 520 g/mol. The summed E-state index contributed by atoms with van der Waals surface area (Å²) in [4.78, 5) is 23.1. The van der Waals surface area contributed by atoms with Gasteiger partial charge in [0.2, 0.25) is 0 Å². The minimum absolute atomic E-state index is 0.214. The first-order valence-electron chi connectivity index (χ1n) is 13.2. The molecule has 3 aromatic rings. The van der Waals surface area contributed by atoms with Crippen molar-refractivity contribution in [3.8, 4) is 17.0 Å². The Balaban J connectivity index is 1.52. The van der Waals surface area contributed by atoms with Gasteiger partial charge in [0.25, 0.3) is 0 Å². The molecule has 1 aliphatic rings. The van der Waals surface area contributed by atoms with Gasteiger partial charge in [0.1, 0.15) is 18.0 Å². The zero-order chi connectivity index (χ0) is 27.4. The summed E-state index contributed by atoms with van der Waals surface area (Å²) in [6, 6.07) is 16.4. The van der Waals surface area contributed by atoms with Gasteiger partial charge in [-0.15, -0.1) is 0 Å². The first kappa shape index (κ1) is 27.5. The fraction of sp³-hybridized carbons (Fsp3) is 0.467. The smallest absolute Gasteiger partial charge is 0.410 e. The summed E-state index contributed by atoms with van der Waals surface area (Å²) in [7, 11) is 5.76. The number of amides is 1. The van der Waals surface area contributed by atoms with E-state index in [1.165, 1.54) is 4.90 Å². The number of carbonyl (C=O) groups excluding carboxylic acids is 1. The van der Waals surface area contributed by atoms with E-state index >= 15 is 0 Å². The van der Waals surface area contributed by atoms with Crippen LogP contribution in [-0.2, 0) is 4.74 Å². The third-order valence-corrected chi connectivity index (χ3v) is 6.72. The van der Waals surface area contributed by atoms with Crippen LogP contribution in [0.25, 0.3) is 22.2 Å². The van der Waals surface area contributed by atoms with Crippen LogP contribution in [0, 0.1) is 5.92 Å². The summed E-state index contributed by atoms with van der Waals surface area (Å²) in [5.74, 6) is 1.03. The van der Waals surface area contributed by atoms with Gasteiger partial charge in [0.05, 0.1) is 17.8 Å². The Morgan fingerprint density at radius 2 is 1.84 bits per heavy atom. The van der Waals surface area contributed by atoms with Gasteiger partial charge in [-0.1, -0.05) is 0 Å². The third-order valence-electron chi connectivity index (χ3n) is 6.72. The highest BCUT2D eigenvalue weighted by Crippen LogP contribution is 2.35. The van der Waals surface area contributed by atoms with E-state index in [1.54, 1.807) is 7.05 Å². The number of benzene rings is 2. The summed E-state index contributed by atoms with van der Waals surface area (Å²) < 4.78 is 11.3. The maximum atomic E-state index is 12.1. The maximum Gasteiger partial charge on any atom is 0.410 e. The molecule has 0 spiro atoms. The molecule has 1 atom stereocenters. The van der Waals surface area contributed by atoms with E-state index in [9.17, 15) is 9.90 Å². The van der Waals surface area contributed by atoms with Gasteiger partial charge < -0.3 is 29.3 Å². The number of aliphatic hydroxyl groups is 1. The number of fused-ring (bicyclic) bond motifs is 1. The summed E-state index contributed by atoms with van der Waals surface area (Å²) in [5.41, 5.74) is 4.56. The zero-order valence-corrected chi connectivity index (χ0v) is 23.4. The van der Waals surface area contributed by atoms with Crippen molar-refractivity contribution in [1.29, 1.82) is 0 Å². The number of anilines is 2. The number of aromatic nitrogens is 1. The van der Waals surface area contributed by atoms with Crippen LogP contribution < -0.4 is 14.5 Å². The largest absolute Gasteiger partial charge is 0.492 e. The molecule has 0 bridgehead atoms. The van der Waals surface area contributed by atoms with E-state index in [0.717, 1.165) is 58.8 Å². The molecular weight excluding hydrogens is 480 g/mol. The maximum absolute atomic E-state index is 12.1. The second kappa shape index (κ2) is 11.5. The molecule has 204 valence electrons. The fourth-order valence-corrected chi connectivity index (χ4v) is 4.54. The SMILES string of the molecule is CN(CCOc1ccc(-c2cc(N3CCC(CO)C3)c3ccc(N(C)C)cc3n2)cc1)C(=O)OC(C)(C)C. The molecule has 4 rings (SSSR count). The predicted molar refractivity (Wildman–Crippen MR) is 153 cm³/mol. The molecule has 1 fully saturated rings.